The third kappa shape index (κ3) is 3.27. The van der Waals surface area contributed by atoms with Gasteiger partial charge in [-0.1, -0.05) is 28.1 Å². The van der Waals surface area contributed by atoms with Crippen LogP contribution in [0.15, 0.2) is 28.7 Å². The van der Waals surface area contributed by atoms with Gasteiger partial charge in [-0.2, -0.15) is 0 Å². The van der Waals surface area contributed by atoms with E-state index in [1.165, 1.54) is 0 Å². The van der Waals surface area contributed by atoms with E-state index in [1.54, 1.807) is 0 Å². The predicted octanol–water partition coefficient (Wildman–Crippen LogP) is 1.49. The van der Waals surface area contributed by atoms with Crippen LogP contribution in [0.2, 0.25) is 0 Å². The maximum atomic E-state index is 12.4. The molecule has 2 fully saturated rings. The number of hydrogen-bond acceptors (Lipinski definition) is 3. The SMILES string of the molecule is O=C1CC(C(=O)N2CCOC(c3ccc(Br)cc3)C2)CN1. The summed E-state index contributed by atoms with van der Waals surface area (Å²) in [5, 5.41) is 2.72. The van der Waals surface area contributed by atoms with E-state index in [0.717, 1.165) is 10.0 Å². The van der Waals surface area contributed by atoms with Crippen LogP contribution in [0.3, 0.4) is 0 Å². The van der Waals surface area contributed by atoms with Crippen molar-refractivity contribution in [2.45, 2.75) is 12.5 Å². The first kappa shape index (κ1) is 14.5. The fraction of sp³-hybridized carbons (Fsp3) is 0.467. The molecule has 0 bridgehead atoms. The Morgan fingerprint density at radius 2 is 2.10 bits per heavy atom. The summed E-state index contributed by atoms with van der Waals surface area (Å²) in [5.41, 5.74) is 1.07. The Hall–Kier alpha value is -1.40. The highest BCUT2D eigenvalue weighted by molar-refractivity contribution is 9.10. The normalized spacial score (nSPS) is 25.8. The Balaban J connectivity index is 1.66. The first-order valence-electron chi connectivity index (χ1n) is 7.06. The highest BCUT2D eigenvalue weighted by Crippen LogP contribution is 2.25. The van der Waals surface area contributed by atoms with Crippen molar-refractivity contribution in [2.75, 3.05) is 26.2 Å². The molecular weight excluding hydrogens is 336 g/mol. The number of carbonyl (C=O) groups is 2. The first-order valence-corrected chi connectivity index (χ1v) is 7.85. The summed E-state index contributed by atoms with van der Waals surface area (Å²) in [5.74, 6) is -0.203. The van der Waals surface area contributed by atoms with Gasteiger partial charge in [0.05, 0.1) is 19.1 Å². The molecular formula is C15H17BrN2O3. The number of amides is 2. The molecule has 2 heterocycles. The van der Waals surface area contributed by atoms with Gasteiger partial charge < -0.3 is 15.0 Å². The van der Waals surface area contributed by atoms with Crippen LogP contribution >= 0.6 is 15.9 Å². The zero-order chi connectivity index (χ0) is 14.8. The minimum absolute atomic E-state index is 0.0360. The van der Waals surface area contributed by atoms with Crippen LogP contribution in [0, 0.1) is 5.92 Å². The summed E-state index contributed by atoms with van der Waals surface area (Å²) in [6.45, 7) is 2.13. The third-order valence-corrected chi connectivity index (χ3v) is 4.48. The van der Waals surface area contributed by atoms with Gasteiger partial charge >= 0.3 is 0 Å². The monoisotopic (exact) mass is 352 g/mol. The lowest BCUT2D eigenvalue weighted by atomic mass is 10.0. The molecule has 0 radical (unpaired) electrons. The molecule has 5 nitrogen and oxygen atoms in total. The molecule has 112 valence electrons. The van der Waals surface area contributed by atoms with Gasteiger partial charge in [0.1, 0.15) is 6.10 Å². The summed E-state index contributed by atoms with van der Waals surface area (Å²) in [7, 11) is 0. The maximum Gasteiger partial charge on any atom is 0.228 e. The second kappa shape index (κ2) is 6.15. The van der Waals surface area contributed by atoms with Crippen LogP contribution in [0.5, 0.6) is 0 Å². The second-order valence-electron chi connectivity index (χ2n) is 5.40. The molecule has 0 aliphatic carbocycles. The van der Waals surface area contributed by atoms with E-state index in [0.29, 0.717) is 32.7 Å². The van der Waals surface area contributed by atoms with E-state index >= 15 is 0 Å². The zero-order valence-corrected chi connectivity index (χ0v) is 13.1. The first-order chi connectivity index (χ1) is 10.1. The topological polar surface area (TPSA) is 58.6 Å². The van der Waals surface area contributed by atoms with E-state index in [9.17, 15) is 9.59 Å². The predicted molar refractivity (Wildman–Crippen MR) is 80.5 cm³/mol. The standard InChI is InChI=1S/C15H17BrN2O3/c16-12-3-1-10(2-4-12)13-9-18(5-6-21-13)15(20)11-7-14(19)17-8-11/h1-4,11,13H,5-9H2,(H,17,19). The van der Waals surface area contributed by atoms with Crippen molar-refractivity contribution >= 4 is 27.7 Å². The van der Waals surface area contributed by atoms with E-state index in [-0.39, 0.29) is 23.8 Å². The van der Waals surface area contributed by atoms with Gasteiger partial charge in [0.15, 0.2) is 0 Å². The number of carbonyl (C=O) groups excluding carboxylic acids is 2. The molecule has 0 aromatic heterocycles. The lowest BCUT2D eigenvalue weighted by Crippen LogP contribution is -2.45. The van der Waals surface area contributed by atoms with E-state index < -0.39 is 0 Å². The molecule has 2 saturated heterocycles. The number of rotatable bonds is 2. The van der Waals surface area contributed by atoms with Crippen LogP contribution in [0.1, 0.15) is 18.1 Å². The van der Waals surface area contributed by atoms with Crippen molar-refractivity contribution in [2.24, 2.45) is 5.92 Å². The lowest BCUT2D eigenvalue weighted by molar-refractivity contribution is -0.143. The number of benzene rings is 1. The van der Waals surface area contributed by atoms with Crippen LogP contribution in [-0.2, 0) is 14.3 Å². The van der Waals surface area contributed by atoms with Gasteiger partial charge in [-0.3, -0.25) is 9.59 Å². The van der Waals surface area contributed by atoms with Crippen LogP contribution < -0.4 is 5.32 Å². The molecule has 21 heavy (non-hydrogen) atoms. The molecule has 2 atom stereocenters. The number of nitrogens with zero attached hydrogens (tertiary/aromatic N) is 1. The fourth-order valence-corrected chi connectivity index (χ4v) is 3.03. The summed E-state index contributed by atoms with van der Waals surface area (Å²) >= 11 is 3.41. The smallest absolute Gasteiger partial charge is 0.228 e. The Kier molecular flexibility index (Phi) is 4.26. The largest absolute Gasteiger partial charge is 0.370 e. The molecule has 2 aliphatic rings. The van der Waals surface area contributed by atoms with E-state index in [4.69, 9.17) is 4.74 Å². The Morgan fingerprint density at radius 3 is 2.76 bits per heavy atom. The van der Waals surface area contributed by atoms with Gasteiger partial charge in [0.25, 0.3) is 0 Å². The molecule has 3 rings (SSSR count). The van der Waals surface area contributed by atoms with Crippen LogP contribution in [0.4, 0.5) is 0 Å². The minimum atomic E-state index is -0.221. The van der Waals surface area contributed by atoms with Gasteiger partial charge in [-0.15, -0.1) is 0 Å². The number of hydrogen-bond donors (Lipinski definition) is 1. The molecule has 0 spiro atoms. The highest BCUT2D eigenvalue weighted by Gasteiger charge is 2.34. The van der Waals surface area contributed by atoms with Crippen molar-refractivity contribution in [3.8, 4) is 0 Å². The third-order valence-electron chi connectivity index (χ3n) is 3.95. The average molecular weight is 353 g/mol. The highest BCUT2D eigenvalue weighted by atomic mass is 79.9. The minimum Gasteiger partial charge on any atom is -0.370 e. The lowest BCUT2D eigenvalue weighted by Gasteiger charge is -2.34. The second-order valence-corrected chi connectivity index (χ2v) is 6.32. The Labute approximate surface area is 131 Å². The van der Waals surface area contributed by atoms with E-state index in [1.807, 2.05) is 29.2 Å². The van der Waals surface area contributed by atoms with Gasteiger partial charge in [-0.05, 0) is 17.7 Å². The summed E-state index contributed by atoms with van der Waals surface area (Å²) in [6.07, 6.45) is 0.208. The van der Waals surface area contributed by atoms with Crippen LogP contribution in [0.25, 0.3) is 0 Å². The van der Waals surface area contributed by atoms with E-state index in [2.05, 4.69) is 21.2 Å². The molecule has 2 aliphatic heterocycles. The number of nitrogens with one attached hydrogen (secondary N) is 1. The number of halogens is 1. The summed E-state index contributed by atoms with van der Waals surface area (Å²) in [4.78, 5) is 25.5. The number of morpholine rings is 1. The molecule has 0 saturated carbocycles. The Bertz CT molecular complexity index is 546. The molecule has 1 aromatic carbocycles. The molecule has 2 amide bonds. The van der Waals surface area contributed by atoms with Gasteiger partial charge in [-0.25, -0.2) is 0 Å². The van der Waals surface area contributed by atoms with Gasteiger partial charge in [0, 0.05) is 24.0 Å². The molecule has 2 unspecified atom stereocenters. The summed E-state index contributed by atoms with van der Waals surface area (Å²) in [6, 6.07) is 7.95. The maximum absolute atomic E-state index is 12.4. The van der Waals surface area contributed by atoms with Crippen molar-refractivity contribution in [3.63, 3.8) is 0 Å². The Morgan fingerprint density at radius 1 is 1.33 bits per heavy atom. The summed E-state index contributed by atoms with van der Waals surface area (Å²) < 4.78 is 6.80. The van der Waals surface area contributed by atoms with Crippen molar-refractivity contribution in [1.29, 1.82) is 0 Å². The van der Waals surface area contributed by atoms with Gasteiger partial charge in [0.2, 0.25) is 11.8 Å². The quantitative estimate of drug-likeness (QED) is 0.877. The number of ether oxygens (including phenoxy) is 1. The van der Waals surface area contributed by atoms with Crippen molar-refractivity contribution in [1.82, 2.24) is 10.2 Å². The molecule has 1 aromatic rings. The zero-order valence-electron chi connectivity index (χ0n) is 11.5. The molecule has 6 heteroatoms. The van der Waals surface area contributed by atoms with Crippen molar-refractivity contribution < 1.29 is 14.3 Å². The average Bonchev–Trinajstić information content (AvgIpc) is 2.94. The van der Waals surface area contributed by atoms with Crippen molar-refractivity contribution in [3.05, 3.63) is 34.3 Å². The van der Waals surface area contributed by atoms with Crippen LogP contribution in [-0.4, -0.2) is 43.0 Å². The molecule has 1 N–H and O–H groups in total. The fourth-order valence-electron chi connectivity index (χ4n) is 2.77.